The van der Waals surface area contributed by atoms with Gasteiger partial charge in [-0.05, 0) is 19.8 Å². The van der Waals surface area contributed by atoms with Crippen molar-refractivity contribution >= 4 is 11.6 Å². The molecule has 0 aromatic heterocycles. The van der Waals surface area contributed by atoms with Gasteiger partial charge in [0.2, 0.25) is 5.91 Å². The van der Waals surface area contributed by atoms with Crippen molar-refractivity contribution in [2.24, 2.45) is 4.99 Å². The number of aliphatic hydroxyl groups excluding tert-OH is 1. The van der Waals surface area contributed by atoms with Gasteiger partial charge < -0.3 is 10.0 Å². The topological polar surface area (TPSA) is 52.9 Å². The molecule has 1 unspecified atom stereocenters. The molecule has 25 heavy (non-hydrogen) atoms. The number of hydrogen-bond donors (Lipinski definition) is 1. The van der Waals surface area contributed by atoms with E-state index in [1.807, 2.05) is 11.8 Å². The van der Waals surface area contributed by atoms with Crippen LogP contribution in [0.25, 0.3) is 0 Å². The van der Waals surface area contributed by atoms with E-state index in [2.05, 4.69) is 11.9 Å². The maximum absolute atomic E-state index is 12.2. The van der Waals surface area contributed by atoms with Crippen LogP contribution in [0.1, 0.15) is 97.3 Å². The molecule has 0 bridgehead atoms. The van der Waals surface area contributed by atoms with E-state index in [4.69, 9.17) is 0 Å². The van der Waals surface area contributed by atoms with Gasteiger partial charge in [0, 0.05) is 25.3 Å². The van der Waals surface area contributed by atoms with E-state index in [9.17, 15) is 9.90 Å². The SMILES string of the molecule is CCCCCCCCCCCCC(O)CN1CCCN=C(C)CC1=O. The first-order chi connectivity index (χ1) is 12.1. The van der Waals surface area contributed by atoms with E-state index in [-0.39, 0.29) is 12.0 Å². The van der Waals surface area contributed by atoms with E-state index < -0.39 is 0 Å². The Labute approximate surface area is 155 Å². The molecule has 4 nitrogen and oxygen atoms in total. The van der Waals surface area contributed by atoms with Crippen LogP contribution in [0, 0.1) is 0 Å². The minimum absolute atomic E-state index is 0.114. The number of amides is 1. The zero-order valence-corrected chi connectivity index (χ0v) is 16.6. The van der Waals surface area contributed by atoms with Crippen molar-refractivity contribution in [2.45, 2.75) is 103 Å². The summed E-state index contributed by atoms with van der Waals surface area (Å²) in [6.07, 6.45) is 14.8. The van der Waals surface area contributed by atoms with Crippen LogP contribution in [0.3, 0.4) is 0 Å². The summed E-state index contributed by atoms with van der Waals surface area (Å²) in [6, 6.07) is 0. The number of aliphatic hydroxyl groups is 1. The quantitative estimate of drug-likeness (QED) is 0.487. The lowest BCUT2D eigenvalue weighted by atomic mass is 10.0. The second-order valence-corrected chi connectivity index (χ2v) is 7.61. The summed E-state index contributed by atoms with van der Waals surface area (Å²) in [7, 11) is 0. The third-order valence-electron chi connectivity index (χ3n) is 5.05. The lowest BCUT2D eigenvalue weighted by molar-refractivity contribution is -0.131. The second-order valence-electron chi connectivity index (χ2n) is 7.61. The van der Waals surface area contributed by atoms with Crippen LogP contribution in [0.2, 0.25) is 0 Å². The molecular weight excluding hydrogens is 312 g/mol. The lowest BCUT2D eigenvalue weighted by Crippen LogP contribution is -2.40. The number of β-amino-alcohol motifs (C(OH)–C–C–N with tert-alkyl or cyclic N) is 1. The Balaban J connectivity index is 2.03. The number of nitrogens with zero attached hydrogens (tertiary/aromatic N) is 2. The molecule has 146 valence electrons. The highest BCUT2D eigenvalue weighted by Gasteiger charge is 2.19. The molecule has 1 amide bonds. The molecule has 0 aliphatic carbocycles. The number of carbonyl (C=O) groups excluding carboxylic acids is 1. The summed E-state index contributed by atoms with van der Waals surface area (Å²) in [6.45, 7) is 6.19. The van der Waals surface area contributed by atoms with Crippen LogP contribution in [0.4, 0.5) is 0 Å². The molecule has 0 aromatic carbocycles. The largest absolute Gasteiger partial charge is 0.391 e. The van der Waals surface area contributed by atoms with Crippen molar-refractivity contribution in [1.29, 1.82) is 0 Å². The smallest absolute Gasteiger partial charge is 0.228 e. The molecule has 1 atom stereocenters. The standard InChI is InChI=1S/C21H40N2O2/c1-3-4-5-6-7-8-9-10-11-12-14-20(24)18-23-16-13-15-22-19(2)17-21(23)25/h20,24H,3-18H2,1-2H3. The van der Waals surface area contributed by atoms with Crippen LogP contribution in [-0.4, -0.2) is 47.4 Å². The molecule has 1 N–H and O–H groups in total. The van der Waals surface area contributed by atoms with Crippen molar-refractivity contribution in [3.05, 3.63) is 0 Å². The molecule has 1 aliphatic heterocycles. The number of aliphatic imine (C=N–C) groups is 1. The molecule has 1 heterocycles. The van der Waals surface area contributed by atoms with Gasteiger partial charge in [0.15, 0.2) is 0 Å². The number of rotatable bonds is 13. The molecule has 0 saturated carbocycles. The second kappa shape index (κ2) is 14.3. The highest BCUT2D eigenvalue weighted by atomic mass is 16.3. The first-order valence-electron chi connectivity index (χ1n) is 10.6. The Hall–Kier alpha value is -0.900. The van der Waals surface area contributed by atoms with Gasteiger partial charge in [-0.25, -0.2) is 0 Å². The first-order valence-corrected chi connectivity index (χ1v) is 10.6. The Morgan fingerprint density at radius 1 is 1.04 bits per heavy atom. The minimum atomic E-state index is -0.380. The van der Waals surface area contributed by atoms with Gasteiger partial charge in [-0.3, -0.25) is 9.79 Å². The molecule has 1 rings (SSSR count). The molecule has 4 heteroatoms. The van der Waals surface area contributed by atoms with Crippen LogP contribution in [-0.2, 0) is 4.79 Å². The summed E-state index contributed by atoms with van der Waals surface area (Å²) in [5.41, 5.74) is 0.916. The monoisotopic (exact) mass is 352 g/mol. The normalized spacial score (nSPS) is 17.2. The van der Waals surface area contributed by atoms with Crippen molar-refractivity contribution in [3.63, 3.8) is 0 Å². The molecule has 0 aromatic rings. The maximum Gasteiger partial charge on any atom is 0.228 e. The summed E-state index contributed by atoms with van der Waals surface area (Å²) in [5, 5.41) is 10.2. The minimum Gasteiger partial charge on any atom is -0.391 e. The summed E-state index contributed by atoms with van der Waals surface area (Å²) >= 11 is 0. The fraction of sp³-hybridized carbons (Fsp3) is 0.905. The van der Waals surface area contributed by atoms with Gasteiger partial charge in [-0.15, -0.1) is 0 Å². The van der Waals surface area contributed by atoms with E-state index in [1.165, 1.54) is 57.8 Å². The zero-order chi connectivity index (χ0) is 18.3. The van der Waals surface area contributed by atoms with Crippen LogP contribution in [0.5, 0.6) is 0 Å². The molecule has 0 saturated heterocycles. The van der Waals surface area contributed by atoms with Gasteiger partial charge in [-0.2, -0.15) is 0 Å². The predicted octanol–water partition coefficient (Wildman–Crippen LogP) is 4.74. The Bertz CT molecular complexity index is 382. The van der Waals surface area contributed by atoms with Crippen molar-refractivity contribution in [3.8, 4) is 0 Å². The highest BCUT2D eigenvalue weighted by molar-refractivity contribution is 5.99. The zero-order valence-electron chi connectivity index (χ0n) is 16.6. The molecule has 0 radical (unpaired) electrons. The lowest BCUT2D eigenvalue weighted by Gasteiger charge is -2.26. The van der Waals surface area contributed by atoms with Gasteiger partial charge >= 0.3 is 0 Å². The number of carbonyl (C=O) groups is 1. The Morgan fingerprint density at radius 2 is 1.64 bits per heavy atom. The number of hydrogen-bond acceptors (Lipinski definition) is 3. The molecular formula is C21H40N2O2. The number of unbranched alkanes of at least 4 members (excludes halogenated alkanes) is 9. The first kappa shape index (κ1) is 22.1. The summed E-state index contributed by atoms with van der Waals surface area (Å²) < 4.78 is 0. The fourth-order valence-corrected chi connectivity index (χ4v) is 3.45. The highest BCUT2D eigenvalue weighted by Crippen LogP contribution is 2.13. The average Bonchev–Trinajstić information content (AvgIpc) is 2.58. The third-order valence-corrected chi connectivity index (χ3v) is 5.05. The van der Waals surface area contributed by atoms with Crippen LogP contribution < -0.4 is 0 Å². The Kier molecular flexibility index (Phi) is 12.7. The van der Waals surface area contributed by atoms with Crippen LogP contribution >= 0.6 is 0 Å². The predicted molar refractivity (Wildman–Crippen MR) is 106 cm³/mol. The van der Waals surface area contributed by atoms with E-state index in [0.717, 1.165) is 38.1 Å². The molecule has 1 aliphatic rings. The molecule has 0 fully saturated rings. The van der Waals surface area contributed by atoms with Gasteiger partial charge in [0.25, 0.3) is 0 Å². The Morgan fingerprint density at radius 3 is 2.28 bits per heavy atom. The third kappa shape index (κ3) is 11.4. The van der Waals surface area contributed by atoms with Gasteiger partial charge in [0.05, 0.1) is 12.5 Å². The molecule has 0 spiro atoms. The maximum atomic E-state index is 12.2. The summed E-state index contributed by atoms with van der Waals surface area (Å²) in [4.78, 5) is 18.4. The van der Waals surface area contributed by atoms with E-state index in [0.29, 0.717) is 13.0 Å². The van der Waals surface area contributed by atoms with Gasteiger partial charge in [-0.1, -0.05) is 71.1 Å². The summed E-state index contributed by atoms with van der Waals surface area (Å²) in [5.74, 6) is 0.114. The van der Waals surface area contributed by atoms with Crippen molar-refractivity contribution < 1.29 is 9.90 Å². The van der Waals surface area contributed by atoms with Crippen LogP contribution in [0.15, 0.2) is 4.99 Å². The fourth-order valence-electron chi connectivity index (χ4n) is 3.45. The van der Waals surface area contributed by atoms with Crippen molar-refractivity contribution in [1.82, 2.24) is 4.90 Å². The van der Waals surface area contributed by atoms with E-state index >= 15 is 0 Å². The average molecular weight is 353 g/mol. The van der Waals surface area contributed by atoms with Crippen molar-refractivity contribution in [2.75, 3.05) is 19.6 Å². The van der Waals surface area contributed by atoms with E-state index in [1.54, 1.807) is 0 Å². The van der Waals surface area contributed by atoms with Gasteiger partial charge in [0.1, 0.15) is 0 Å².